The van der Waals surface area contributed by atoms with E-state index in [0.717, 1.165) is 22.8 Å². The number of pyridine rings is 6. The van der Waals surface area contributed by atoms with Crippen molar-refractivity contribution in [3.8, 4) is 22.8 Å². The molecule has 0 amide bonds. The van der Waals surface area contributed by atoms with Crippen LogP contribution >= 0.6 is 10.2 Å². The predicted octanol–water partition coefficient (Wildman–Crippen LogP) is 9.14. The Morgan fingerprint density at radius 1 is 0.500 bits per heavy atom. The molecule has 0 aliphatic carbocycles. The number of halogens is 1. The number of hydrogen-bond donors (Lipinski definition) is 0. The zero-order chi connectivity index (χ0) is 31.2. The molecule has 0 saturated carbocycles. The minimum absolute atomic E-state index is 0.561. The van der Waals surface area contributed by atoms with Gasteiger partial charge < -0.3 is 0 Å². The summed E-state index contributed by atoms with van der Waals surface area (Å²) in [4.78, 5) is 24.9. The molecule has 0 saturated heterocycles. The maximum absolute atomic E-state index is 4.26. The molecule has 0 fully saturated rings. The molecule has 227 valence electrons. The van der Waals surface area contributed by atoms with E-state index in [4.69, 9.17) is 0 Å². The van der Waals surface area contributed by atoms with E-state index in [9.17, 15) is 0 Å². The Hall–Kier alpha value is -4.32. The SMILES string of the molecule is CCC(CC(C)c1ccncc1)c1ccncc1.[Cl][Ni].c1ccc(-c2ccccn2)nc1.c1ccc(-c2ccccn2)nc1. The minimum Gasteiger partial charge on any atom is -0.255 e. The molecule has 6 rings (SSSR count). The van der Waals surface area contributed by atoms with E-state index in [1.165, 1.54) is 24.0 Å². The number of hydrogen-bond acceptors (Lipinski definition) is 6. The molecule has 6 nitrogen and oxygen atoms in total. The van der Waals surface area contributed by atoms with Gasteiger partial charge >= 0.3 is 24.8 Å². The number of nitrogens with zero attached hydrogens (tertiary/aromatic N) is 6. The van der Waals surface area contributed by atoms with Crippen molar-refractivity contribution >= 4 is 10.2 Å². The second-order valence-electron chi connectivity index (χ2n) is 9.66. The summed E-state index contributed by atoms with van der Waals surface area (Å²) < 4.78 is 0. The molecule has 0 aliphatic heterocycles. The summed E-state index contributed by atoms with van der Waals surface area (Å²) in [6.45, 7) is 4.55. The summed E-state index contributed by atoms with van der Waals surface area (Å²) in [5.41, 5.74) is 6.43. The Bertz CT molecular complexity index is 1380. The maximum Gasteiger partial charge on any atom is 0.0886 e. The van der Waals surface area contributed by atoms with Crippen LogP contribution in [0.3, 0.4) is 0 Å². The van der Waals surface area contributed by atoms with Crippen molar-refractivity contribution in [3.05, 3.63) is 158 Å². The van der Waals surface area contributed by atoms with E-state index in [-0.39, 0.29) is 0 Å². The molecule has 6 aromatic heterocycles. The van der Waals surface area contributed by atoms with E-state index < -0.39 is 0 Å². The second-order valence-corrected chi connectivity index (χ2v) is 9.66. The van der Waals surface area contributed by atoms with Crippen LogP contribution in [0.5, 0.6) is 0 Å². The Morgan fingerprint density at radius 3 is 1.14 bits per heavy atom. The van der Waals surface area contributed by atoms with Crippen LogP contribution in [0.15, 0.2) is 147 Å². The first kappa shape index (κ1) is 34.2. The molecular weight excluding hydrogens is 611 g/mol. The van der Waals surface area contributed by atoms with Gasteiger partial charge in [0.15, 0.2) is 0 Å². The van der Waals surface area contributed by atoms with Crippen LogP contribution in [-0.2, 0) is 14.6 Å². The molecule has 0 spiro atoms. The molecule has 0 bridgehead atoms. The van der Waals surface area contributed by atoms with E-state index in [0.29, 0.717) is 11.8 Å². The van der Waals surface area contributed by atoms with E-state index in [1.807, 2.05) is 97.6 Å². The van der Waals surface area contributed by atoms with E-state index in [2.05, 4.69) is 92.8 Å². The van der Waals surface area contributed by atoms with Crippen molar-refractivity contribution in [2.75, 3.05) is 0 Å². The topological polar surface area (TPSA) is 77.3 Å². The molecule has 2 atom stereocenters. The Kier molecular flexibility index (Phi) is 16.0. The zero-order valence-corrected chi connectivity index (χ0v) is 26.5. The third-order valence-electron chi connectivity index (χ3n) is 6.77. The van der Waals surface area contributed by atoms with Gasteiger partial charge in [-0.3, -0.25) is 29.9 Å². The summed E-state index contributed by atoms with van der Waals surface area (Å²) in [6.07, 6.45) is 16.9. The first-order chi connectivity index (χ1) is 21.7. The van der Waals surface area contributed by atoms with Crippen molar-refractivity contribution in [1.29, 1.82) is 0 Å². The molecule has 2 unspecified atom stereocenters. The Balaban J connectivity index is 0.000000180. The minimum atomic E-state index is 0.561. The van der Waals surface area contributed by atoms with Crippen LogP contribution in [0, 0.1) is 0 Å². The van der Waals surface area contributed by atoms with Gasteiger partial charge in [0, 0.05) is 49.6 Å². The van der Waals surface area contributed by atoms with Gasteiger partial charge in [-0.25, -0.2) is 0 Å². The fourth-order valence-corrected chi connectivity index (χ4v) is 4.49. The average Bonchev–Trinajstić information content (AvgIpc) is 3.14. The van der Waals surface area contributed by atoms with Crippen LogP contribution in [0.2, 0.25) is 0 Å². The summed E-state index contributed by atoms with van der Waals surface area (Å²) >= 11 is 3.35. The number of aromatic nitrogens is 6. The van der Waals surface area contributed by atoms with Crippen molar-refractivity contribution in [3.63, 3.8) is 0 Å². The smallest absolute Gasteiger partial charge is 0.0886 e. The summed E-state index contributed by atoms with van der Waals surface area (Å²) in [7, 11) is 4.26. The molecule has 44 heavy (non-hydrogen) atoms. The molecule has 0 aliphatic rings. The molecule has 0 radical (unpaired) electrons. The maximum atomic E-state index is 4.26. The molecule has 6 heterocycles. The van der Waals surface area contributed by atoms with Crippen LogP contribution in [0.4, 0.5) is 0 Å². The largest absolute Gasteiger partial charge is 0.255 e. The van der Waals surface area contributed by atoms with Crippen LogP contribution in [0.25, 0.3) is 22.8 Å². The fraction of sp³-hybridized carbons (Fsp3) is 0.167. The average molecular weight is 647 g/mol. The summed E-state index contributed by atoms with van der Waals surface area (Å²) in [6, 6.07) is 31.7. The van der Waals surface area contributed by atoms with E-state index >= 15 is 0 Å². The van der Waals surface area contributed by atoms with Crippen molar-refractivity contribution in [2.45, 2.75) is 38.5 Å². The standard InChI is InChI=1S/C16H20N2.2C10H8N2.ClH.Ni/c1-3-14(16-6-10-18-11-7-16)12-13(2)15-4-8-17-9-5-15;2*1-3-7-11-9(5-1)10-6-2-4-8-12-10;;/h4-11,13-14H,3,12H2,1-2H3;2*1-8H;1H;/q;;;;+1/p-1. The first-order valence-corrected chi connectivity index (χ1v) is 15.7. The van der Waals surface area contributed by atoms with Crippen LogP contribution in [0.1, 0.15) is 49.7 Å². The predicted molar refractivity (Wildman–Crippen MR) is 175 cm³/mol. The van der Waals surface area contributed by atoms with Crippen molar-refractivity contribution < 1.29 is 14.6 Å². The van der Waals surface area contributed by atoms with Gasteiger partial charge in [0.2, 0.25) is 0 Å². The summed E-state index contributed by atoms with van der Waals surface area (Å²) in [5, 5.41) is 0. The number of rotatable bonds is 7. The zero-order valence-electron chi connectivity index (χ0n) is 24.8. The van der Waals surface area contributed by atoms with Crippen LogP contribution in [-0.4, -0.2) is 29.9 Å². The molecular formula is C36H36ClN6Ni. The van der Waals surface area contributed by atoms with Gasteiger partial charge in [-0.2, -0.15) is 0 Å². The fourth-order valence-electron chi connectivity index (χ4n) is 4.49. The first-order valence-electron chi connectivity index (χ1n) is 14.3. The quantitative estimate of drug-likeness (QED) is 0.161. The Morgan fingerprint density at radius 2 is 0.841 bits per heavy atom. The van der Waals surface area contributed by atoms with Crippen LogP contribution < -0.4 is 0 Å². The van der Waals surface area contributed by atoms with E-state index in [1.54, 1.807) is 24.8 Å². The van der Waals surface area contributed by atoms with Gasteiger partial charge in [-0.1, -0.05) is 38.1 Å². The van der Waals surface area contributed by atoms with Crippen molar-refractivity contribution in [2.24, 2.45) is 0 Å². The molecule has 0 N–H and O–H groups in total. The molecule has 0 aromatic carbocycles. The van der Waals surface area contributed by atoms with Gasteiger partial charge in [-0.05, 0) is 109 Å². The molecule has 6 aromatic rings. The van der Waals surface area contributed by atoms with Gasteiger partial charge in [0.25, 0.3) is 0 Å². The normalized spacial score (nSPS) is 11.2. The summed E-state index contributed by atoms with van der Waals surface area (Å²) in [5.74, 6) is 1.17. The van der Waals surface area contributed by atoms with Crippen molar-refractivity contribution in [1.82, 2.24) is 29.9 Å². The molecule has 8 heteroatoms. The van der Waals surface area contributed by atoms with Gasteiger partial charge in [0.05, 0.1) is 22.8 Å². The monoisotopic (exact) mass is 645 g/mol. The second kappa shape index (κ2) is 20.6. The Labute approximate surface area is 272 Å². The third kappa shape index (κ3) is 11.8. The van der Waals surface area contributed by atoms with Gasteiger partial charge in [0.1, 0.15) is 0 Å². The van der Waals surface area contributed by atoms with Gasteiger partial charge in [-0.15, -0.1) is 0 Å². The third-order valence-corrected chi connectivity index (χ3v) is 6.77.